The normalized spacial score (nSPS) is 14.5. The molecule has 1 aliphatic rings. The van der Waals surface area contributed by atoms with Gasteiger partial charge in [-0.25, -0.2) is 9.07 Å². The average molecular weight is 328 g/mol. The van der Waals surface area contributed by atoms with E-state index in [1.54, 1.807) is 21.7 Å². The minimum Gasteiger partial charge on any atom is -0.366 e. The molecule has 3 rings (SSSR count). The number of carbonyl (C=O) groups is 1. The van der Waals surface area contributed by atoms with E-state index in [4.69, 9.17) is 5.26 Å². The van der Waals surface area contributed by atoms with E-state index in [2.05, 4.69) is 10.3 Å². The Labute approximate surface area is 138 Å². The van der Waals surface area contributed by atoms with Crippen LogP contribution in [0.3, 0.4) is 0 Å². The van der Waals surface area contributed by atoms with Crippen molar-refractivity contribution >= 4 is 11.6 Å². The van der Waals surface area contributed by atoms with E-state index in [0.29, 0.717) is 49.7 Å². The van der Waals surface area contributed by atoms with Crippen molar-refractivity contribution in [3.8, 4) is 6.07 Å². The molecule has 0 spiro atoms. The van der Waals surface area contributed by atoms with Gasteiger partial charge in [0.05, 0.1) is 23.5 Å². The second-order valence-electron chi connectivity index (χ2n) is 5.49. The van der Waals surface area contributed by atoms with E-state index in [9.17, 15) is 9.18 Å². The van der Waals surface area contributed by atoms with Gasteiger partial charge in [0.15, 0.2) is 0 Å². The number of carbonyl (C=O) groups excluding carboxylic acids is 1. The van der Waals surface area contributed by atoms with Gasteiger partial charge >= 0.3 is 0 Å². The van der Waals surface area contributed by atoms with Crippen molar-refractivity contribution in [1.82, 2.24) is 19.9 Å². The maximum Gasteiger partial charge on any atom is 0.273 e. The van der Waals surface area contributed by atoms with Crippen LogP contribution in [0.4, 0.5) is 10.1 Å². The molecular weight excluding hydrogens is 311 g/mol. The Bertz CT molecular complexity index is 788. The van der Waals surface area contributed by atoms with Gasteiger partial charge in [0, 0.05) is 32.7 Å². The van der Waals surface area contributed by atoms with Crippen LogP contribution < -0.4 is 4.90 Å². The van der Waals surface area contributed by atoms with Crippen LogP contribution in [-0.2, 0) is 6.54 Å². The zero-order valence-electron chi connectivity index (χ0n) is 13.3. The summed E-state index contributed by atoms with van der Waals surface area (Å²) in [5.41, 5.74) is 1.22. The summed E-state index contributed by atoms with van der Waals surface area (Å²) in [6.45, 7) is 4.53. The Morgan fingerprint density at radius 1 is 1.33 bits per heavy atom. The predicted molar refractivity (Wildman–Crippen MR) is 84.9 cm³/mol. The summed E-state index contributed by atoms with van der Waals surface area (Å²) in [4.78, 5) is 16.1. The molecule has 124 valence electrons. The summed E-state index contributed by atoms with van der Waals surface area (Å²) >= 11 is 0. The van der Waals surface area contributed by atoms with Crippen molar-refractivity contribution in [2.45, 2.75) is 13.5 Å². The van der Waals surface area contributed by atoms with Crippen LogP contribution in [0, 0.1) is 17.1 Å². The van der Waals surface area contributed by atoms with Crippen LogP contribution in [0.15, 0.2) is 24.4 Å². The van der Waals surface area contributed by atoms with E-state index in [1.165, 1.54) is 12.3 Å². The lowest BCUT2D eigenvalue weighted by molar-refractivity contribution is 0.0734. The van der Waals surface area contributed by atoms with Gasteiger partial charge in [-0.05, 0) is 25.1 Å². The van der Waals surface area contributed by atoms with Crippen LogP contribution in [0.2, 0.25) is 0 Å². The first kappa shape index (κ1) is 15.9. The number of nitriles is 1. The van der Waals surface area contributed by atoms with Crippen LogP contribution in [0.1, 0.15) is 23.0 Å². The first-order valence-electron chi connectivity index (χ1n) is 7.76. The lowest BCUT2D eigenvalue weighted by Gasteiger charge is -2.36. The third-order valence-electron chi connectivity index (χ3n) is 4.12. The summed E-state index contributed by atoms with van der Waals surface area (Å²) in [5, 5.41) is 16.5. The first-order valence-corrected chi connectivity index (χ1v) is 7.76. The highest BCUT2D eigenvalue weighted by atomic mass is 19.1. The minimum atomic E-state index is -0.415. The summed E-state index contributed by atoms with van der Waals surface area (Å²) in [6.07, 6.45) is 1.47. The first-order chi connectivity index (χ1) is 11.6. The molecule has 0 bridgehead atoms. The van der Waals surface area contributed by atoms with Crippen molar-refractivity contribution in [3.63, 3.8) is 0 Å². The SMILES string of the molecule is CCn1nncc1C(=O)N1CCN(c2ccc(C#N)cc2F)CC1. The maximum absolute atomic E-state index is 14.1. The molecule has 1 aliphatic heterocycles. The number of rotatable bonds is 3. The highest BCUT2D eigenvalue weighted by molar-refractivity contribution is 5.92. The Hall–Kier alpha value is -2.95. The molecular formula is C16H17FN6O. The lowest BCUT2D eigenvalue weighted by atomic mass is 10.1. The van der Waals surface area contributed by atoms with E-state index in [1.807, 2.05) is 17.9 Å². The third-order valence-corrected chi connectivity index (χ3v) is 4.12. The molecule has 7 nitrogen and oxygen atoms in total. The molecule has 0 radical (unpaired) electrons. The molecule has 1 fully saturated rings. The molecule has 0 aliphatic carbocycles. The minimum absolute atomic E-state index is 0.109. The molecule has 0 N–H and O–H groups in total. The van der Waals surface area contributed by atoms with Crippen molar-refractivity contribution in [2.24, 2.45) is 0 Å². The molecule has 1 amide bonds. The number of aryl methyl sites for hydroxylation is 1. The largest absolute Gasteiger partial charge is 0.366 e. The quantitative estimate of drug-likeness (QED) is 0.848. The average Bonchev–Trinajstić information content (AvgIpc) is 3.10. The second kappa shape index (κ2) is 6.66. The van der Waals surface area contributed by atoms with Gasteiger partial charge in [0.25, 0.3) is 5.91 Å². The Morgan fingerprint density at radius 3 is 2.71 bits per heavy atom. The number of halogens is 1. The summed E-state index contributed by atoms with van der Waals surface area (Å²) < 4.78 is 15.7. The van der Waals surface area contributed by atoms with Gasteiger partial charge in [0.2, 0.25) is 0 Å². The number of nitrogens with zero attached hydrogens (tertiary/aromatic N) is 6. The number of hydrogen-bond donors (Lipinski definition) is 0. The van der Waals surface area contributed by atoms with E-state index >= 15 is 0 Å². The van der Waals surface area contributed by atoms with Crippen molar-refractivity contribution in [1.29, 1.82) is 5.26 Å². The van der Waals surface area contributed by atoms with Gasteiger partial charge < -0.3 is 9.80 Å². The second-order valence-corrected chi connectivity index (χ2v) is 5.49. The van der Waals surface area contributed by atoms with Crippen LogP contribution in [-0.4, -0.2) is 52.0 Å². The summed E-state index contributed by atoms with van der Waals surface area (Å²) in [5.74, 6) is -0.524. The number of hydrogen-bond acceptors (Lipinski definition) is 5. The topological polar surface area (TPSA) is 78.1 Å². The highest BCUT2D eigenvalue weighted by Gasteiger charge is 2.25. The van der Waals surface area contributed by atoms with Crippen molar-refractivity contribution in [3.05, 3.63) is 41.5 Å². The zero-order chi connectivity index (χ0) is 17.1. The number of benzene rings is 1. The maximum atomic E-state index is 14.1. The Kier molecular flexibility index (Phi) is 4.42. The van der Waals surface area contributed by atoms with Gasteiger partial charge in [-0.15, -0.1) is 5.10 Å². The fourth-order valence-corrected chi connectivity index (χ4v) is 2.80. The smallest absolute Gasteiger partial charge is 0.273 e. The molecule has 24 heavy (non-hydrogen) atoms. The Balaban J connectivity index is 1.68. The molecule has 1 aromatic heterocycles. The van der Waals surface area contributed by atoms with Gasteiger partial charge in [0.1, 0.15) is 11.5 Å². The fraction of sp³-hybridized carbons (Fsp3) is 0.375. The third kappa shape index (κ3) is 2.93. The summed E-state index contributed by atoms with van der Waals surface area (Å²) in [7, 11) is 0. The van der Waals surface area contributed by atoms with Crippen LogP contribution in [0.5, 0.6) is 0 Å². The molecule has 0 atom stereocenters. The predicted octanol–water partition coefficient (Wildman–Crippen LogP) is 1.27. The van der Waals surface area contributed by atoms with Crippen LogP contribution in [0.25, 0.3) is 0 Å². The highest BCUT2D eigenvalue weighted by Crippen LogP contribution is 2.22. The number of aromatic nitrogens is 3. The molecule has 1 saturated heterocycles. The zero-order valence-corrected chi connectivity index (χ0v) is 13.3. The monoisotopic (exact) mass is 328 g/mol. The van der Waals surface area contributed by atoms with E-state index in [0.717, 1.165) is 0 Å². The standard InChI is InChI=1S/C16H17FN6O/c1-2-23-15(11-19-20-23)16(24)22-7-5-21(6-8-22)14-4-3-12(10-18)9-13(14)17/h3-4,9,11H,2,5-8H2,1H3. The van der Waals surface area contributed by atoms with Gasteiger partial charge in [-0.2, -0.15) is 5.26 Å². The number of anilines is 1. The molecule has 2 aromatic rings. The molecule has 2 heterocycles. The fourth-order valence-electron chi connectivity index (χ4n) is 2.80. The van der Waals surface area contributed by atoms with E-state index < -0.39 is 5.82 Å². The van der Waals surface area contributed by atoms with Gasteiger partial charge in [-0.3, -0.25) is 4.79 Å². The molecule has 0 saturated carbocycles. The molecule has 1 aromatic carbocycles. The van der Waals surface area contributed by atoms with Crippen LogP contribution >= 0.6 is 0 Å². The Morgan fingerprint density at radius 2 is 2.08 bits per heavy atom. The lowest BCUT2D eigenvalue weighted by Crippen LogP contribution is -2.49. The molecule has 0 unspecified atom stereocenters. The number of amides is 1. The molecule has 8 heteroatoms. The number of piperazine rings is 1. The van der Waals surface area contributed by atoms with Crippen molar-refractivity contribution < 1.29 is 9.18 Å². The van der Waals surface area contributed by atoms with Gasteiger partial charge in [-0.1, -0.05) is 5.21 Å². The van der Waals surface area contributed by atoms with E-state index in [-0.39, 0.29) is 5.91 Å². The summed E-state index contributed by atoms with van der Waals surface area (Å²) in [6, 6.07) is 6.37. The van der Waals surface area contributed by atoms with Crippen molar-refractivity contribution in [2.75, 3.05) is 31.1 Å².